The number of benzene rings is 1. The van der Waals surface area contributed by atoms with Crippen LogP contribution in [-0.4, -0.2) is 27.3 Å². The standard InChI is InChI=1S/C24H22ClN3O2/c1-3-20-24(28-13-12-18(25)14-23(28)27-20)22(29)11-6-16-4-7-17(8-5-16)21-10-9-19(30-2)15-26-21/h4-5,7-10,12-15H,3,6,11H2,1-2H3. The largest absolute Gasteiger partial charge is 0.495 e. The summed E-state index contributed by atoms with van der Waals surface area (Å²) in [5, 5.41) is 0.612. The highest BCUT2D eigenvalue weighted by Crippen LogP contribution is 2.22. The van der Waals surface area contributed by atoms with E-state index in [1.807, 2.05) is 53.9 Å². The smallest absolute Gasteiger partial charge is 0.181 e. The van der Waals surface area contributed by atoms with E-state index in [9.17, 15) is 4.79 Å². The van der Waals surface area contributed by atoms with Gasteiger partial charge in [-0.1, -0.05) is 42.8 Å². The Morgan fingerprint density at radius 2 is 1.93 bits per heavy atom. The number of aryl methyl sites for hydroxylation is 2. The molecule has 0 aliphatic carbocycles. The molecule has 152 valence electrons. The molecule has 0 unspecified atom stereocenters. The van der Waals surface area contributed by atoms with Crippen molar-refractivity contribution in [1.82, 2.24) is 14.4 Å². The molecule has 0 bridgehead atoms. The van der Waals surface area contributed by atoms with Gasteiger partial charge in [0.1, 0.15) is 17.1 Å². The number of halogens is 1. The SMILES string of the molecule is CCc1nc2cc(Cl)ccn2c1C(=O)CCc1ccc(-c2ccc(OC)cn2)cc1. The van der Waals surface area contributed by atoms with E-state index < -0.39 is 0 Å². The molecular weight excluding hydrogens is 398 g/mol. The third kappa shape index (κ3) is 4.07. The topological polar surface area (TPSA) is 56.5 Å². The van der Waals surface area contributed by atoms with Crippen molar-refractivity contribution in [2.24, 2.45) is 0 Å². The predicted octanol–water partition coefficient (Wildman–Crippen LogP) is 5.44. The molecule has 30 heavy (non-hydrogen) atoms. The van der Waals surface area contributed by atoms with Crippen LogP contribution in [0.25, 0.3) is 16.9 Å². The van der Waals surface area contributed by atoms with Crippen LogP contribution in [-0.2, 0) is 12.8 Å². The number of fused-ring (bicyclic) bond motifs is 1. The summed E-state index contributed by atoms with van der Waals surface area (Å²) >= 11 is 6.07. The first-order valence-corrected chi connectivity index (χ1v) is 10.3. The summed E-state index contributed by atoms with van der Waals surface area (Å²) in [4.78, 5) is 22.0. The number of hydrogen-bond donors (Lipinski definition) is 0. The average molecular weight is 420 g/mol. The lowest BCUT2D eigenvalue weighted by atomic mass is 10.0. The van der Waals surface area contributed by atoms with Crippen LogP contribution < -0.4 is 4.74 Å². The third-order valence-electron chi connectivity index (χ3n) is 5.12. The van der Waals surface area contributed by atoms with Crippen LogP contribution in [0.3, 0.4) is 0 Å². The van der Waals surface area contributed by atoms with E-state index in [0.29, 0.717) is 35.6 Å². The minimum atomic E-state index is 0.0857. The van der Waals surface area contributed by atoms with Crippen molar-refractivity contribution in [2.45, 2.75) is 26.2 Å². The molecule has 5 nitrogen and oxygen atoms in total. The molecule has 0 aliphatic heterocycles. The van der Waals surface area contributed by atoms with Gasteiger partial charge >= 0.3 is 0 Å². The number of nitrogens with zero attached hydrogens (tertiary/aromatic N) is 3. The Kier molecular flexibility index (Phi) is 5.81. The van der Waals surface area contributed by atoms with Crippen LogP contribution in [0.15, 0.2) is 60.9 Å². The van der Waals surface area contributed by atoms with Gasteiger partial charge in [0.25, 0.3) is 0 Å². The number of rotatable bonds is 7. The van der Waals surface area contributed by atoms with E-state index in [1.54, 1.807) is 25.4 Å². The van der Waals surface area contributed by atoms with E-state index in [0.717, 1.165) is 28.3 Å². The highest BCUT2D eigenvalue weighted by Gasteiger charge is 2.18. The second-order valence-electron chi connectivity index (χ2n) is 7.04. The number of methoxy groups -OCH3 is 1. The fourth-order valence-corrected chi connectivity index (χ4v) is 3.65. The van der Waals surface area contributed by atoms with Crippen molar-refractivity contribution < 1.29 is 9.53 Å². The van der Waals surface area contributed by atoms with E-state index in [1.165, 1.54) is 0 Å². The minimum absolute atomic E-state index is 0.0857. The van der Waals surface area contributed by atoms with Crippen molar-refractivity contribution in [1.29, 1.82) is 0 Å². The molecule has 0 amide bonds. The second kappa shape index (κ2) is 8.67. The molecule has 0 saturated carbocycles. The average Bonchev–Trinajstić information content (AvgIpc) is 3.15. The zero-order valence-corrected chi connectivity index (χ0v) is 17.7. The summed E-state index contributed by atoms with van der Waals surface area (Å²) in [5.74, 6) is 0.817. The fourth-order valence-electron chi connectivity index (χ4n) is 3.50. The number of aromatic nitrogens is 3. The Morgan fingerprint density at radius 1 is 1.13 bits per heavy atom. The lowest BCUT2D eigenvalue weighted by Gasteiger charge is -2.06. The van der Waals surface area contributed by atoms with Crippen LogP contribution in [0.5, 0.6) is 5.75 Å². The third-order valence-corrected chi connectivity index (χ3v) is 5.36. The number of pyridine rings is 2. The molecule has 1 aromatic carbocycles. The zero-order valence-electron chi connectivity index (χ0n) is 16.9. The number of imidazole rings is 1. The van der Waals surface area contributed by atoms with Gasteiger partial charge < -0.3 is 4.74 Å². The highest BCUT2D eigenvalue weighted by atomic mass is 35.5. The van der Waals surface area contributed by atoms with Gasteiger partial charge in [-0.05, 0) is 36.6 Å². The number of carbonyl (C=O) groups excluding carboxylic acids is 1. The summed E-state index contributed by atoms with van der Waals surface area (Å²) in [6.45, 7) is 2.01. The molecule has 0 fully saturated rings. The van der Waals surface area contributed by atoms with Crippen molar-refractivity contribution in [2.75, 3.05) is 7.11 Å². The number of ether oxygens (including phenoxy) is 1. The first kappa shape index (κ1) is 20.1. The fraction of sp³-hybridized carbons (Fsp3) is 0.208. The Hall–Kier alpha value is -3.18. The second-order valence-corrected chi connectivity index (χ2v) is 7.47. The van der Waals surface area contributed by atoms with Gasteiger partial charge in [0.15, 0.2) is 5.78 Å². The maximum Gasteiger partial charge on any atom is 0.181 e. The molecular formula is C24H22ClN3O2. The lowest BCUT2D eigenvalue weighted by molar-refractivity contribution is 0.0976. The summed E-state index contributed by atoms with van der Waals surface area (Å²) in [5.41, 5.74) is 5.19. The summed E-state index contributed by atoms with van der Waals surface area (Å²) < 4.78 is 6.99. The van der Waals surface area contributed by atoms with Crippen LogP contribution in [0.4, 0.5) is 0 Å². The van der Waals surface area contributed by atoms with Gasteiger partial charge in [0, 0.05) is 29.3 Å². The Balaban J connectivity index is 1.48. The molecule has 0 atom stereocenters. The molecule has 0 N–H and O–H groups in total. The monoisotopic (exact) mass is 419 g/mol. The Bertz CT molecular complexity index is 1180. The van der Waals surface area contributed by atoms with Crippen molar-refractivity contribution in [3.8, 4) is 17.0 Å². The minimum Gasteiger partial charge on any atom is -0.495 e. The molecule has 4 rings (SSSR count). The van der Waals surface area contributed by atoms with Gasteiger partial charge in [-0.3, -0.25) is 14.2 Å². The molecule has 3 aromatic heterocycles. The van der Waals surface area contributed by atoms with Gasteiger partial charge in [0.2, 0.25) is 0 Å². The van der Waals surface area contributed by atoms with Gasteiger partial charge in [0.05, 0.1) is 24.7 Å². The quantitative estimate of drug-likeness (QED) is 0.374. The van der Waals surface area contributed by atoms with E-state index >= 15 is 0 Å². The molecule has 3 heterocycles. The molecule has 4 aromatic rings. The van der Waals surface area contributed by atoms with E-state index in [4.69, 9.17) is 16.3 Å². The van der Waals surface area contributed by atoms with Crippen molar-refractivity contribution in [3.05, 3.63) is 82.9 Å². The maximum absolute atomic E-state index is 13.0. The molecule has 0 saturated heterocycles. The first-order chi connectivity index (χ1) is 14.6. The van der Waals surface area contributed by atoms with Crippen LogP contribution in [0, 0.1) is 0 Å². The normalized spacial score (nSPS) is 11.0. The van der Waals surface area contributed by atoms with Crippen LogP contribution in [0.1, 0.15) is 35.1 Å². The highest BCUT2D eigenvalue weighted by molar-refractivity contribution is 6.30. The molecule has 6 heteroatoms. The van der Waals surface area contributed by atoms with E-state index in [2.05, 4.69) is 9.97 Å². The Labute approximate surface area is 180 Å². The van der Waals surface area contributed by atoms with Crippen LogP contribution in [0.2, 0.25) is 5.02 Å². The van der Waals surface area contributed by atoms with Gasteiger partial charge in [-0.25, -0.2) is 4.98 Å². The molecule has 0 radical (unpaired) electrons. The summed E-state index contributed by atoms with van der Waals surface area (Å²) in [7, 11) is 1.62. The zero-order chi connectivity index (χ0) is 21.1. The number of Topliss-reactive ketones (excluding diaryl/α,β-unsaturated/α-hetero) is 1. The summed E-state index contributed by atoms with van der Waals surface area (Å²) in [6, 6.07) is 15.5. The Morgan fingerprint density at radius 3 is 2.60 bits per heavy atom. The number of carbonyl (C=O) groups is 1. The van der Waals surface area contributed by atoms with E-state index in [-0.39, 0.29) is 5.78 Å². The first-order valence-electron chi connectivity index (χ1n) is 9.88. The summed E-state index contributed by atoms with van der Waals surface area (Å²) in [6.07, 6.45) is 5.30. The number of ketones is 1. The van der Waals surface area contributed by atoms with Crippen molar-refractivity contribution in [3.63, 3.8) is 0 Å². The maximum atomic E-state index is 13.0. The molecule has 0 spiro atoms. The lowest BCUT2D eigenvalue weighted by Crippen LogP contribution is -2.08. The van der Waals surface area contributed by atoms with Gasteiger partial charge in [-0.15, -0.1) is 0 Å². The van der Waals surface area contributed by atoms with Gasteiger partial charge in [-0.2, -0.15) is 0 Å². The molecule has 0 aliphatic rings. The van der Waals surface area contributed by atoms with Crippen LogP contribution >= 0.6 is 11.6 Å². The predicted molar refractivity (Wildman–Crippen MR) is 118 cm³/mol. The van der Waals surface area contributed by atoms with Crippen molar-refractivity contribution >= 4 is 23.0 Å². The number of hydrogen-bond acceptors (Lipinski definition) is 4.